The number of amides is 1. The van der Waals surface area contributed by atoms with Gasteiger partial charge in [-0.3, -0.25) is 4.79 Å². The summed E-state index contributed by atoms with van der Waals surface area (Å²) in [5.74, 6) is 0.00510. The number of hydrogen-bond donors (Lipinski definition) is 1. The first kappa shape index (κ1) is 15.5. The van der Waals surface area contributed by atoms with E-state index in [2.05, 4.69) is 35.1 Å². The minimum Gasteiger partial charge on any atom is -0.375 e. The number of carbonyl (C=O) groups excluding carboxylic acids is 1. The summed E-state index contributed by atoms with van der Waals surface area (Å²) < 4.78 is 6.92. The number of halogens is 1. The fourth-order valence-electron chi connectivity index (χ4n) is 2.76. The molecule has 1 heterocycles. The normalized spacial score (nSPS) is 21.4. The van der Waals surface area contributed by atoms with E-state index in [9.17, 15) is 4.79 Å². The maximum atomic E-state index is 12.2. The second kappa shape index (κ2) is 6.72. The highest BCUT2D eigenvalue weighted by Gasteiger charge is 2.35. The zero-order valence-corrected chi connectivity index (χ0v) is 13.7. The topological polar surface area (TPSA) is 38.3 Å². The monoisotopic (exact) mass is 339 g/mol. The predicted octanol–water partition coefficient (Wildman–Crippen LogP) is 3.92. The van der Waals surface area contributed by atoms with Crippen LogP contribution in [0.1, 0.15) is 49.9 Å². The zero-order valence-electron chi connectivity index (χ0n) is 12.1. The lowest BCUT2D eigenvalue weighted by Gasteiger charge is -2.40. The van der Waals surface area contributed by atoms with Crippen LogP contribution < -0.4 is 5.32 Å². The summed E-state index contributed by atoms with van der Waals surface area (Å²) in [7, 11) is 0. The Labute approximate surface area is 129 Å². The Bertz CT molecular complexity index is 454. The molecule has 4 heteroatoms. The van der Waals surface area contributed by atoms with Gasteiger partial charge in [0.15, 0.2) is 0 Å². The van der Waals surface area contributed by atoms with Crippen molar-refractivity contribution in [1.82, 2.24) is 5.32 Å². The molecule has 1 amide bonds. The zero-order chi connectivity index (χ0) is 14.6. The van der Waals surface area contributed by atoms with Gasteiger partial charge in [0.2, 0.25) is 0 Å². The first-order valence-corrected chi connectivity index (χ1v) is 8.08. The molecule has 1 aliphatic rings. The summed E-state index contributed by atoms with van der Waals surface area (Å²) >= 11 is 3.38. The van der Waals surface area contributed by atoms with Gasteiger partial charge in [-0.1, -0.05) is 29.8 Å². The number of benzene rings is 1. The Kier molecular flexibility index (Phi) is 5.22. The average molecular weight is 340 g/mol. The van der Waals surface area contributed by atoms with Crippen molar-refractivity contribution >= 4 is 21.8 Å². The molecule has 0 radical (unpaired) electrons. The summed E-state index contributed by atoms with van der Waals surface area (Å²) in [6.45, 7) is 5.04. The highest BCUT2D eigenvalue weighted by Crippen LogP contribution is 2.31. The van der Waals surface area contributed by atoms with Crippen LogP contribution in [0.4, 0.5) is 0 Å². The van der Waals surface area contributed by atoms with Crippen molar-refractivity contribution in [3.05, 3.63) is 34.3 Å². The van der Waals surface area contributed by atoms with Crippen LogP contribution >= 0.6 is 15.9 Å². The van der Waals surface area contributed by atoms with Crippen molar-refractivity contribution in [2.75, 3.05) is 6.61 Å². The molecule has 2 rings (SSSR count). The van der Waals surface area contributed by atoms with Crippen LogP contribution in [0, 0.1) is 0 Å². The number of rotatable bonds is 4. The van der Waals surface area contributed by atoms with Gasteiger partial charge in [0, 0.05) is 22.7 Å². The van der Waals surface area contributed by atoms with Crippen LogP contribution in [0.5, 0.6) is 0 Å². The number of nitrogens with one attached hydrogen (secondary N) is 1. The molecule has 0 aromatic heterocycles. The highest BCUT2D eigenvalue weighted by atomic mass is 79.9. The third kappa shape index (κ3) is 3.61. The summed E-state index contributed by atoms with van der Waals surface area (Å²) in [6.07, 6.45) is 3.79. The maximum Gasteiger partial charge on any atom is 0.251 e. The van der Waals surface area contributed by atoms with Crippen LogP contribution in [-0.2, 0) is 4.74 Å². The first-order valence-electron chi connectivity index (χ1n) is 7.29. The molecule has 0 aliphatic carbocycles. The number of hydrogen-bond acceptors (Lipinski definition) is 2. The van der Waals surface area contributed by atoms with E-state index >= 15 is 0 Å². The summed E-state index contributed by atoms with van der Waals surface area (Å²) in [4.78, 5) is 12.2. The van der Waals surface area contributed by atoms with E-state index in [0.29, 0.717) is 5.56 Å². The van der Waals surface area contributed by atoms with Crippen molar-refractivity contribution in [1.29, 1.82) is 0 Å². The number of carbonyl (C=O) groups is 1. The molecule has 1 atom stereocenters. The summed E-state index contributed by atoms with van der Waals surface area (Å²) in [5, 5.41) is 3.14. The van der Waals surface area contributed by atoms with E-state index in [0.717, 1.165) is 36.8 Å². The smallest absolute Gasteiger partial charge is 0.251 e. The molecule has 1 aliphatic heterocycles. The van der Waals surface area contributed by atoms with Gasteiger partial charge in [-0.15, -0.1) is 0 Å². The molecule has 1 fully saturated rings. The van der Waals surface area contributed by atoms with Crippen LogP contribution in [-0.4, -0.2) is 24.2 Å². The van der Waals surface area contributed by atoms with E-state index in [1.807, 2.05) is 24.3 Å². The fraction of sp³-hybridized carbons (Fsp3) is 0.562. The van der Waals surface area contributed by atoms with Gasteiger partial charge >= 0.3 is 0 Å². The van der Waals surface area contributed by atoms with Crippen molar-refractivity contribution in [2.45, 2.75) is 51.2 Å². The Morgan fingerprint density at radius 2 is 2.00 bits per heavy atom. The van der Waals surface area contributed by atoms with Crippen molar-refractivity contribution in [3.63, 3.8) is 0 Å². The molecule has 1 aromatic carbocycles. The molecule has 1 aromatic rings. The molecular formula is C16H22BrNO2. The second-order valence-electron chi connectivity index (χ2n) is 5.41. The van der Waals surface area contributed by atoms with Crippen LogP contribution in [0.2, 0.25) is 0 Å². The standard InChI is InChI=1S/C16H22BrNO2/c1-3-16(4-2)11-14(9-10-20-16)18-15(19)12-5-7-13(17)8-6-12/h5-8,14H,3-4,9-11H2,1-2H3,(H,18,19). The third-order valence-corrected chi connectivity index (χ3v) is 4.75. The molecule has 0 bridgehead atoms. The van der Waals surface area contributed by atoms with E-state index in [1.165, 1.54) is 0 Å². The Balaban J connectivity index is 1.99. The van der Waals surface area contributed by atoms with Gasteiger partial charge < -0.3 is 10.1 Å². The molecule has 3 nitrogen and oxygen atoms in total. The minimum atomic E-state index is -0.0596. The van der Waals surface area contributed by atoms with Crippen molar-refractivity contribution < 1.29 is 9.53 Å². The maximum absolute atomic E-state index is 12.2. The highest BCUT2D eigenvalue weighted by molar-refractivity contribution is 9.10. The Morgan fingerprint density at radius 3 is 2.60 bits per heavy atom. The van der Waals surface area contributed by atoms with Gasteiger partial charge in [0.05, 0.1) is 5.60 Å². The molecule has 20 heavy (non-hydrogen) atoms. The Hall–Kier alpha value is -0.870. The third-order valence-electron chi connectivity index (χ3n) is 4.22. The quantitative estimate of drug-likeness (QED) is 0.902. The Morgan fingerprint density at radius 1 is 1.35 bits per heavy atom. The van der Waals surface area contributed by atoms with Gasteiger partial charge in [-0.2, -0.15) is 0 Å². The van der Waals surface area contributed by atoms with Gasteiger partial charge in [0.1, 0.15) is 0 Å². The van der Waals surface area contributed by atoms with Crippen molar-refractivity contribution in [2.24, 2.45) is 0 Å². The molecule has 1 N–H and O–H groups in total. The molecule has 1 unspecified atom stereocenters. The van der Waals surface area contributed by atoms with E-state index in [4.69, 9.17) is 4.74 Å². The van der Waals surface area contributed by atoms with E-state index in [1.54, 1.807) is 0 Å². The van der Waals surface area contributed by atoms with Crippen molar-refractivity contribution in [3.8, 4) is 0 Å². The molecule has 1 saturated heterocycles. The molecule has 0 saturated carbocycles. The van der Waals surface area contributed by atoms with Crippen LogP contribution in [0.3, 0.4) is 0 Å². The molecule has 0 spiro atoms. The van der Waals surface area contributed by atoms with E-state index < -0.39 is 0 Å². The lowest BCUT2D eigenvalue weighted by atomic mass is 9.86. The lowest BCUT2D eigenvalue weighted by molar-refractivity contribution is -0.0917. The summed E-state index contributed by atoms with van der Waals surface area (Å²) in [6, 6.07) is 7.67. The predicted molar refractivity (Wildman–Crippen MR) is 83.9 cm³/mol. The number of ether oxygens (including phenoxy) is 1. The largest absolute Gasteiger partial charge is 0.375 e. The minimum absolute atomic E-state index is 0.00510. The second-order valence-corrected chi connectivity index (χ2v) is 6.32. The fourth-order valence-corrected chi connectivity index (χ4v) is 3.03. The first-order chi connectivity index (χ1) is 9.58. The van der Waals surface area contributed by atoms with Gasteiger partial charge in [0.25, 0.3) is 5.91 Å². The SMILES string of the molecule is CCC1(CC)CC(NC(=O)c2ccc(Br)cc2)CCO1. The molecule has 110 valence electrons. The molecular weight excluding hydrogens is 318 g/mol. The van der Waals surface area contributed by atoms with Gasteiger partial charge in [-0.05, 0) is 49.9 Å². The van der Waals surface area contributed by atoms with Crippen LogP contribution in [0.25, 0.3) is 0 Å². The summed E-state index contributed by atoms with van der Waals surface area (Å²) in [5.41, 5.74) is 0.647. The van der Waals surface area contributed by atoms with E-state index in [-0.39, 0.29) is 17.6 Å². The van der Waals surface area contributed by atoms with Crippen LogP contribution in [0.15, 0.2) is 28.7 Å². The lowest BCUT2D eigenvalue weighted by Crippen LogP contribution is -2.48. The van der Waals surface area contributed by atoms with Gasteiger partial charge in [-0.25, -0.2) is 0 Å². The average Bonchev–Trinajstić information content (AvgIpc) is 2.48.